The maximum Gasteiger partial charge on any atom is 0.306 e. The third kappa shape index (κ3) is 49.1. The quantitative estimate of drug-likeness (QED) is 0.0199. The highest BCUT2D eigenvalue weighted by molar-refractivity contribution is 5.71. The number of ether oxygens (including phenoxy) is 3. The van der Waals surface area contributed by atoms with Crippen LogP contribution in [0.1, 0.15) is 220 Å². The van der Waals surface area contributed by atoms with Gasteiger partial charge in [0.15, 0.2) is 6.10 Å². The molecule has 0 amide bonds. The lowest BCUT2D eigenvalue weighted by Gasteiger charge is -2.18. The highest BCUT2D eigenvalue weighted by atomic mass is 16.6. The molecule has 0 fully saturated rings. The van der Waals surface area contributed by atoms with Crippen LogP contribution in [0, 0.1) is 0 Å². The summed E-state index contributed by atoms with van der Waals surface area (Å²) in [5.74, 6) is -1.06. The molecule has 0 heterocycles. The predicted octanol–water partition coefficient (Wildman–Crippen LogP) is 17.1. The van der Waals surface area contributed by atoms with Crippen molar-refractivity contribution in [1.29, 1.82) is 0 Å². The number of esters is 3. The normalized spacial score (nSPS) is 13.0. The van der Waals surface area contributed by atoms with Crippen molar-refractivity contribution in [2.75, 3.05) is 13.2 Å². The zero-order valence-corrected chi connectivity index (χ0v) is 41.3. The van der Waals surface area contributed by atoms with E-state index < -0.39 is 6.10 Å². The van der Waals surface area contributed by atoms with Gasteiger partial charge in [-0.15, -0.1) is 0 Å². The van der Waals surface area contributed by atoms with Gasteiger partial charge in [0.2, 0.25) is 0 Å². The van der Waals surface area contributed by atoms with Crippen molar-refractivity contribution in [3.8, 4) is 0 Å². The first-order valence-corrected chi connectivity index (χ1v) is 25.9. The van der Waals surface area contributed by atoms with Crippen molar-refractivity contribution >= 4 is 17.9 Å². The van der Waals surface area contributed by atoms with E-state index in [1.165, 1.54) is 77.0 Å². The third-order valence-corrected chi connectivity index (χ3v) is 10.5. The zero-order chi connectivity index (χ0) is 46.5. The van der Waals surface area contributed by atoms with E-state index in [-0.39, 0.29) is 44.0 Å². The van der Waals surface area contributed by atoms with Crippen LogP contribution in [0.4, 0.5) is 0 Å². The lowest BCUT2D eigenvalue weighted by Crippen LogP contribution is -2.30. The van der Waals surface area contributed by atoms with E-state index in [1.54, 1.807) is 0 Å². The minimum Gasteiger partial charge on any atom is -0.462 e. The Morgan fingerprint density at radius 3 is 1.14 bits per heavy atom. The van der Waals surface area contributed by atoms with E-state index in [4.69, 9.17) is 14.2 Å². The lowest BCUT2D eigenvalue weighted by molar-refractivity contribution is -0.167. The van der Waals surface area contributed by atoms with E-state index in [0.29, 0.717) is 19.3 Å². The highest BCUT2D eigenvalue weighted by Gasteiger charge is 2.19. The Balaban J connectivity index is 4.54. The van der Waals surface area contributed by atoms with Gasteiger partial charge in [-0.3, -0.25) is 14.4 Å². The monoisotopic (exact) mass is 887 g/mol. The molecule has 362 valence electrons. The second-order valence-electron chi connectivity index (χ2n) is 16.7. The Bertz CT molecular complexity index is 1340. The molecular formula is C58H94O6. The number of rotatable bonds is 45. The van der Waals surface area contributed by atoms with E-state index in [9.17, 15) is 14.4 Å². The summed E-state index contributed by atoms with van der Waals surface area (Å²) in [7, 11) is 0. The first-order valence-electron chi connectivity index (χ1n) is 25.9. The van der Waals surface area contributed by atoms with Crippen LogP contribution in [0.5, 0.6) is 0 Å². The summed E-state index contributed by atoms with van der Waals surface area (Å²) in [6.07, 6.45) is 69.5. The molecule has 0 aliphatic rings. The molecule has 0 saturated heterocycles. The first-order chi connectivity index (χ1) is 31.5. The Hall–Kier alpha value is -3.93. The number of hydrogen-bond acceptors (Lipinski definition) is 6. The second-order valence-corrected chi connectivity index (χ2v) is 16.7. The molecular weight excluding hydrogens is 793 g/mol. The van der Waals surface area contributed by atoms with Gasteiger partial charge in [0, 0.05) is 19.3 Å². The van der Waals surface area contributed by atoms with E-state index in [2.05, 4.69) is 130 Å². The van der Waals surface area contributed by atoms with Gasteiger partial charge in [-0.25, -0.2) is 0 Å². The molecule has 0 spiro atoms. The number of allylic oxidation sites excluding steroid dienone is 18. The minimum atomic E-state index is -0.834. The van der Waals surface area contributed by atoms with Gasteiger partial charge in [-0.1, -0.05) is 201 Å². The SMILES string of the molecule is CC/C=C\C/C=C\C/C=C\CCCC(=O)OCC(COC(=O)CCCCCCC/C=C\C=C/CCCCCCCCC)OC(=O)CCC/C=C\C/C=C\C/C=C\C/C=C\CCCCC. The summed E-state index contributed by atoms with van der Waals surface area (Å²) in [5, 5.41) is 0. The molecule has 6 nitrogen and oxygen atoms in total. The molecule has 6 heteroatoms. The van der Waals surface area contributed by atoms with Crippen LogP contribution in [0.3, 0.4) is 0 Å². The minimum absolute atomic E-state index is 0.126. The zero-order valence-electron chi connectivity index (χ0n) is 41.3. The Morgan fingerprint density at radius 2 is 0.672 bits per heavy atom. The highest BCUT2D eigenvalue weighted by Crippen LogP contribution is 2.12. The maximum atomic E-state index is 12.8. The largest absolute Gasteiger partial charge is 0.462 e. The number of carbonyl (C=O) groups is 3. The molecule has 0 aliphatic carbocycles. The fourth-order valence-electron chi connectivity index (χ4n) is 6.62. The fourth-order valence-corrected chi connectivity index (χ4v) is 6.62. The summed E-state index contributed by atoms with van der Waals surface area (Å²) in [6.45, 7) is 6.36. The van der Waals surface area contributed by atoms with Gasteiger partial charge in [-0.05, 0) is 109 Å². The molecule has 0 radical (unpaired) electrons. The standard InChI is InChI=1S/C58H94O6/c1-4-7-10-13-16-19-22-24-26-28-30-31-33-36-39-42-45-48-51-57(60)63-54-55(53-62-56(59)50-47-44-41-38-35-21-18-15-12-9-6-3)64-58(61)52-49-46-43-40-37-34-32-29-27-25-23-20-17-14-11-8-5-2/h9,12,17-18,20-21,25-28,30-32,34,38,40-41,43,55H,4-8,10-11,13-16,19,22-24,29,33,35-37,39,42,44-54H2,1-3H3/b12-9-,20-17-,21-18-,27-25-,28-26-,31-30-,34-32-,41-38-,43-40-. The van der Waals surface area contributed by atoms with E-state index in [1.807, 2.05) is 0 Å². The first kappa shape index (κ1) is 60.1. The van der Waals surface area contributed by atoms with Crippen LogP contribution in [0.15, 0.2) is 109 Å². The van der Waals surface area contributed by atoms with Gasteiger partial charge in [-0.2, -0.15) is 0 Å². The second kappa shape index (κ2) is 51.7. The summed E-state index contributed by atoms with van der Waals surface area (Å²) < 4.78 is 16.7. The van der Waals surface area contributed by atoms with Crippen molar-refractivity contribution in [3.63, 3.8) is 0 Å². The average Bonchev–Trinajstić information content (AvgIpc) is 3.29. The van der Waals surface area contributed by atoms with Gasteiger partial charge in [0.1, 0.15) is 13.2 Å². The maximum absolute atomic E-state index is 12.8. The molecule has 0 rings (SSSR count). The molecule has 0 aromatic carbocycles. The van der Waals surface area contributed by atoms with E-state index in [0.717, 1.165) is 89.9 Å². The van der Waals surface area contributed by atoms with Crippen LogP contribution >= 0.6 is 0 Å². The molecule has 1 unspecified atom stereocenters. The molecule has 0 aromatic rings. The number of hydrogen-bond donors (Lipinski definition) is 0. The molecule has 1 atom stereocenters. The van der Waals surface area contributed by atoms with Crippen LogP contribution in [0.25, 0.3) is 0 Å². The smallest absolute Gasteiger partial charge is 0.306 e. The van der Waals surface area contributed by atoms with Crippen molar-refractivity contribution in [3.05, 3.63) is 109 Å². The third-order valence-electron chi connectivity index (χ3n) is 10.5. The van der Waals surface area contributed by atoms with Gasteiger partial charge < -0.3 is 14.2 Å². The van der Waals surface area contributed by atoms with Gasteiger partial charge >= 0.3 is 17.9 Å². The summed E-state index contributed by atoms with van der Waals surface area (Å²) in [5.41, 5.74) is 0. The van der Waals surface area contributed by atoms with Gasteiger partial charge in [0.25, 0.3) is 0 Å². The molecule has 0 aliphatic heterocycles. The lowest BCUT2D eigenvalue weighted by atomic mass is 10.1. The van der Waals surface area contributed by atoms with Gasteiger partial charge in [0.05, 0.1) is 0 Å². The van der Waals surface area contributed by atoms with Crippen molar-refractivity contribution in [1.82, 2.24) is 0 Å². The Kier molecular flexibility index (Phi) is 48.5. The molecule has 0 N–H and O–H groups in total. The van der Waals surface area contributed by atoms with Crippen LogP contribution in [0.2, 0.25) is 0 Å². The van der Waals surface area contributed by atoms with Crippen molar-refractivity contribution in [2.45, 2.75) is 226 Å². The van der Waals surface area contributed by atoms with Crippen LogP contribution in [-0.4, -0.2) is 37.2 Å². The Labute approximate surface area is 393 Å². The predicted molar refractivity (Wildman–Crippen MR) is 274 cm³/mol. The van der Waals surface area contributed by atoms with Crippen LogP contribution in [-0.2, 0) is 28.6 Å². The number of carbonyl (C=O) groups excluding carboxylic acids is 3. The molecule has 0 aromatic heterocycles. The molecule has 64 heavy (non-hydrogen) atoms. The van der Waals surface area contributed by atoms with Crippen LogP contribution < -0.4 is 0 Å². The molecule has 0 bridgehead atoms. The van der Waals surface area contributed by atoms with E-state index >= 15 is 0 Å². The summed E-state index contributed by atoms with van der Waals surface area (Å²) in [6, 6.07) is 0. The fraction of sp³-hybridized carbons (Fsp3) is 0.638. The average molecular weight is 887 g/mol. The summed E-state index contributed by atoms with van der Waals surface area (Å²) >= 11 is 0. The summed E-state index contributed by atoms with van der Waals surface area (Å²) in [4.78, 5) is 37.9. The topological polar surface area (TPSA) is 78.9 Å². The number of unbranched alkanes of at least 4 members (excludes halogenated alkanes) is 17. The Morgan fingerprint density at radius 1 is 0.344 bits per heavy atom. The van der Waals surface area contributed by atoms with Crippen molar-refractivity contribution < 1.29 is 28.6 Å². The van der Waals surface area contributed by atoms with Crippen molar-refractivity contribution in [2.24, 2.45) is 0 Å². The molecule has 0 saturated carbocycles.